The van der Waals surface area contributed by atoms with Gasteiger partial charge < -0.3 is 5.32 Å². The van der Waals surface area contributed by atoms with Crippen LogP contribution in [-0.4, -0.2) is 16.3 Å². The maximum Gasteiger partial charge on any atom is 0.0649 e. The number of aromatic nitrogens is 2. The predicted molar refractivity (Wildman–Crippen MR) is 84.0 cm³/mol. The summed E-state index contributed by atoms with van der Waals surface area (Å²) >= 11 is 0. The van der Waals surface area contributed by atoms with Crippen LogP contribution >= 0.6 is 0 Å². The first-order chi connectivity index (χ1) is 9.65. The van der Waals surface area contributed by atoms with Gasteiger partial charge in [-0.1, -0.05) is 45.9 Å². The molecule has 0 bridgehead atoms. The first kappa shape index (κ1) is 14.8. The summed E-state index contributed by atoms with van der Waals surface area (Å²) in [4.78, 5) is 0. The molecule has 0 fully saturated rings. The highest BCUT2D eigenvalue weighted by atomic mass is 15.3. The van der Waals surface area contributed by atoms with Gasteiger partial charge in [-0.25, -0.2) is 4.68 Å². The molecule has 2 atom stereocenters. The topological polar surface area (TPSA) is 29.9 Å². The Hall–Kier alpha value is -1.61. The Bertz CT molecular complexity index is 516. The van der Waals surface area contributed by atoms with E-state index in [9.17, 15) is 0 Å². The number of hydrogen-bond donors (Lipinski definition) is 1. The fourth-order valence-electron chi connectivity index (χ4n) is 2.50. The zero-order valence-electron chi connectivity index (χ0n) is 12.9. The van der Waals surface area contributed by atoms with Gasteiger partial charge in [0.2, 0.25) is 0 Å². The summed E-state index contributed by atoms with van der Waals surface area (Å²) in [7, 11) is 0. The molecular formula is C17H25N3. The van der Waals surface area contributed by atoms with Gasteiger partial charge in [0.1, 0.15) is 0 Å². The van der Waals surface area contributed by atoms with Crippen molar-refractivity contribution in [2.24, 2.45) is 11.8 Å². The molecule has 0 aliphatic carbocycles. The van der Waals surface area contributed by atoms with Crippen LogP contribution in [0.15, 0.2) is 42.6 Å². The van der Waals surface area contributed by atoms with Crippen LogP contribution in [0.25, 0.3) is 5.69 Å². The first-order valence-electron chi connectivity index (χ1n) is 7.47. The zero-order valence-corrected chi connectivity index (χ0v) is 12.9. The van der Waals surface area contributed by atoms with Gasteiger partial charge in [0, 0.05) is 6.20 Å². The van der Waals surface area contributed by atoms with E-state index in [4.69, 9.17) is 0 Å². The Morgan fingerprint density at radius 3 is 2.40 bits per heavy atom. The zero-order chi connectivity index (χ0) is 14.5. The normalized spacial score (nSPS) is 14.4. The highest BCUT2D eigenvalue weighted by Gasteiger charge is 2.24. The van der Waals surface area contributed by atoms with Gasteiger partial charge in [-0.2, -0.15) is 5.10 Å². The maximum atomic E-state index is 4.51. The number of benzene rings is 1. The minimum Gasteiger partial charge on any atom is -0.309 e. The lowest BCUT2D eigenvalue weighted by atomic mass is 9.88. The Labute approximate surface area is 122 Å². The monoisotopic (exact) mass is 271 g/mol. The second kappa shape index (κ2) is 6.71. The smallest absolute Gasteiger partial charge is 0.0649 e. The van der Waals surface area contributed by atoms with Gasteiger partial charge in [0.25, 0.3) is 0 Å². The predicted octanol–water partition coefficient (Wildman–Crippen LogP) is 3.82. The van der Waals surface area contributed by atoms with Crippen LogP contribution in [0.2, 0.25) is 0 Å². The summed E-state index contributed by atoms with van der Waals surface area (Å²) in [5.74, 6) is 1.17. The van der Waals surface area contributed by atoms with Crippen molar-refractivity contribution in [3.05, 3.63) is 48.3 Å². The van der Waals surface area contributed by atoms with Gasteiger partial charge in [-0.05, 0) is 36.6 Å². The Kier molecular flexibility index (Phi) is 4.96. The Balaban J connectivity index is 2.38. The van der Waals surface area contributed by atoms with Crippen molar-refractivity contribution in [2.75, 3.05) is 6.54 Å². The van der Waals surface area contributed by atoms with Crippen molar-refractivity contribution in [3.63, 3.8) is 0 Å². The molecule has 20 heavy (non-hydrogen) atoms. The van der Waals surface area contributed by atoms with E-state index in [2.05, 4.69) is 68.4 Å². The SMILES string of the molecule is CCNC(c1ccnn1-c1ccccc1)C(C)C(C)C. The largest absolute Gasteiger partial charge is 0.309 e. The summed E-state index contributed by atoms with van der Waals surface area (Å²) in [6.45, 7) is 9.97. The first-order valence-corrected chi connectivity index (χ1v) is 7.47. The average molecular weight is 271 g/mol. The molecule has 108 valence electrons. The van der Waals surface area contributed by atoms with Crippen LogP contribution in [0.3, 0.4) is 0 Å². The van der Waals surface area contributed by atoms with Crippen LogP contribution in [0.4, 0.5) is 0 Å². The van der Waals surface area contributed by atoms with Crippen molar-refractivity contribution >= 4 is 0 Å². The van der Waals surface area contributed by atoms with E-state index in [-0.39, 0.29) is 0 Å². The second-order valence-corrected chi connectivity index (χ2v) is 5.64. The Morgan fingerprint density at radius 1 is 1.10 bits per heavy atom. The van der Waals surface area contributed by atoms with E-state index in [1.807, 2.05) is 16.9 Å². The van der Waals surface area contributed by atoms with E-state index in [1.54, 1.807) is 0 Å². The van der Waals surface area contributed by atoms with Gasteiger partial charge >= 0.3 is 0 Å². The molecule has 1 aromatic heterocycles. The standard InChI is InChI=1S/C17H25N3/c1-5-18-17(14(4)13(2)3)16-11-12-19-20(16)15-9-7-6-8-10-15/h6-14,17-18H,5H2,1-4H3. The lowest BCUT2D eigenvalue weighted by Gasteiger charge is -2.28. The third kappa shape index (κ3) is 3.10. The number of rotatable bonds is 6. The van der Waals surface area contributed by atoms with Crippen LogP contribution in [0, 0.1) is 11.8 Å². The summed E-state index contributed by atoms with van der Waals surface area (Å²) in [5.41, 5.74) is 2.35. The molecular weight excluding hydrogens is 246 g/mol. The molecule has 0 aliphatic heterocycles. The van der Waals surface area contributed by atoms with Crippen LogP contribution in [0.5, 0.6) is 0 Å². The second-order valence-electron chi connectivity index (χ2n) is 5.64. The molecule has 3 heteroatoms. The molecule has 0 radical (unpaired) electrons. The summed E-state index contributed by atoms with van der Waals surface area (Å²) in [6.07, 6.45) is 1.89. The highest BCUT2D eigenvalue weighted by Crippen LogP contribution is 2.28. The van der Waals surface area contributed by atoms with Gasteiger partial charge in [-0.3, -0.25) is 0 Å². The van der Waals surface area contributed by atoms with Crippen molar-refractivity contribution < 1.29 is 0 Å². The van der Waals surface area contributed by atoms with Crippen molar-refractivity contribution in [1.82, 2.24) is 15.1 Å². The lowest BCUT2D eigenvalue weighted by molar-refractivity contribution is 0.298. The van der Waals surface area contributed by atoms with E-state index in [0.717, 1.165) is 12.2 Å². The third-order valence-electron chi connectivity index (χ3n) is 3.99. The molecule has 1 aromatic carbocycles. The molecule has 0 saturated heterocycles. The molecule has 0 amide bonds. The third-order valence-corrected chi connectivity index (χ3v) is 3.99. The van der Waals surface area contributed by atoms with Crippen LogP contribution in [0.1, 0.15) is 39.4 Å². The summed E-state index contributed by atoms with van der Waals surface area (Å²) < 4.78 is 2.05. The van der Waals surface area contributed by atoms with Crippen molar-refractivity contribution in [3.8, 4) is 5.69 Å². The van der Waals surface area contributed by atoms with Crippen LogP contribution < -0.4 is 5.32 Å². The number of hydrogen-bond acceptors (Lipinski definition) is 2. The number of nitrogens with zero attached hydrogens (tertiary/aromatic N) is 2. The average Bonchev–Trinajstić information content (AvgIpc) is 2.94. The summed E-state index contributed by atoms with van der Waals surface area (Å²) in [6, 6.07) is 12.8. The molecule has 0 aliphatic rings. The Morgan fingerprint density at radius 2 is 1.80 bits per heavy atom. The van der Waals surface area contributed by atoms with E-state index in [1.165, 1.54) is 5.69 Å². The van der Waals surface area contributed by atoms with E-state index < -0.39 is 0 Å². The minimum atomic E-state index is 0.322. The lowest BCUT2D eigenvalue weighted by Crippen LogP contribution is -2.31. The molecule has 2 unspecified atom stereocenters. The van der Waals surface area contributed by atoms with Crippen LogP contribution in [-0.2, 0) is 0 Å². The maximum absolute atomic E-state index is 4.51. The molecule has 1 N–H and O–H groups in total. The molecule has 2 rings (SSSR count). The van der Waals surface area contributed by atoms with Gasteiger partial charge in [-0.15, -0.1) is 0 Å². The van der Waals surface area contributed by atoms with Gasteiger partial charge in [0.15, 0.2) is 0 Å². The molecule has 1 heterocycles. The van der Waals surface area contributed by atoms with Crippen molar-refractivity contribution in [1.29, 1.82) is 0 Å². The minimum absolute atomic E-state index is 0.322. The molecule has 3 nitrogen and oxygen atoms in total. The number of para-hydroxylation sites is 1. The van der Waals surface area contributed by atoms with E-state index in [0.29, 0.717) is 17.9 Å². The fourth-order valence-corrected chi connectivity index (χ4v) is 2.50. The molecule has 0 spiro atoms. The van der Waals surface area contributed by atoms with Crippen molar-refractivity contribution in [2.45, 2.75) is 33.7 Å². The molecule has 0 saturated carbocycles. The highest BCUT2D eigenvalue weighted by molar-refractivity contribution is 5.33. The fraction of sp³-hybridized carbons (Fsp3) is 0.471. The number of nitrogens with one attached hydrogen (secondary N) is 1. The summed E-state index contributed by atoms with van der Waals surface area (Å²) in [5, 5.41) is 8.12. The quantitative estimate of drug-likeness (QED) is 0.865. The van der Waals surface area contributed by atoms with E-state index >= 15 is 0 Å². The molecule has 2 aromatic rings. The van der Waals surface area contributed by atoms with Gasteiger partial charge in [0.05, 0.1) is 17.4 Å².